The third-order valence-electron chi connectivity index (χ3n) is 4.15. The Morgan fingerprint density at radius 3 is 2.64 bits per heavy atom. The number of carbonyl (C=O) groups excluding carboxylic acids is 1. The molecule has 1 aliphatic heterocycles. The van der Waals surface area contributed by atoms with Crippen LogP contribution in [0.5, 0.6) is 0 Å². The van der Waals surface area contributed by atoms with Crippen molar-refractivity contribution in [2.75, 3.05) is 19.8 Å². The molecular formula is C19H20Cl2N2O2. The van der Waals surface area contributed by atoms with Crippen LogP contribution in [0.2, 0.25) is 10.0 Å². The highest BCUT2D eigenvalue weighted by molar-refractivity contribution is 6.42. The Hall–Kier alpha value is -1.59. The van der Waals surface area contributed by atoms with Crippen molar-refractivity contribution >= 4 is 29.1 Å². The van der Waals surface area contributed by atoms with Crippen LogP contribution in [0.1, 0.15) is 23.6 Å². The monoisotopic (exact) mass is 378 g/mol. The molecule has 1 heterocycles. The number of morpholine rings is 1. The third-order valence-corrected chi connectivity index (χ3v) is 4.88. The molecule has 0 radical (unpaired) electrons. The summed E-state index contributed by atoms with van der Waals surface area (Å²) in [4.78, 5) is 12.6. The maximum atomic E-state index is 12.6. The molecule has 2 N–H and O–H groups in total. The van der Waals surface area contributed by atoms with Crippen LogP contribution >= 0.6 is 23.2 Å². The number of hydrogen-bond acceptors (Lipinski definition) is 3. The smallest absolute Gasteiger partial charge is 0.222 e. The average Bonchev–Trinajstić information content (AvgIpc) is 2.64. The van der Waals surface area contributed by atoms with Crippen molar-refractivity contribution in [2.45, 2.75) is 18.5 Å². The Bertz CT molecular complexity index is 719. The number of benzene rings is 2. The predicted octanol–water partition coefficient (Wildman–Crippen LogP) is 3.58. The van der Waals surface area contributed by atoms with Crippen molar-refractivity contribution in [1.29, 1.82) is 0 Å². The molecule has 0 aliphatic carbocycles. The molecule has 2 atom stereocenters. The van der Waals surface area contributed by atoms with Crippen LogP contribution in [0.4, 0.5) is 0 Å². The molecule has 2 unspecified atom stereocenters. The second kappa shape index (κ2) is 8.68. The van der Waals surface area contributed by atoms with E-state index in [0.29, 0.717) is 29.7 Å². The van der Waals surface area contributed by atoms with E-state index in [-0.39, 0.29) is 18.0 Å². The minimum absolute atomic E-state index is 0.0390. The van der Waals surface area contributed by atoms with Crippen molar-refractivity contribution in [2.24, 2.45) is 0 Å². The lowest BCUT2D eigenvalue weighted by molar-refractivity contribution is -0.122. The van der Waals surface area contributed by atoms with Gasteiger partial charge in [-0.25, -0.2) is 0 Å². The molecule has 1 amide bonds. The fourth-order valence-corrected chi connectivity index (χ4v) is 3.20. The van der Waals surface area contributed by atoms with Gasteiger partial charge in [0.1, 0.15) is 0 Å². The van der Waals surface area contributed by atoms with E-state index in [1.165, 1.54) is 0 Å². The summed E-state index contributed by atoms with van der Waals surface area (Å²) in [5, 5.41) is 7.36. The van der Waals surface area contributed by atoms with Gasteiger partial charge < -0.3 is 15.4 Å². The van der Waals surface area contributed by atoms with Gasteiger partial charge in [0.2, 0.25) is 5.91 Å². The number of hydrogen-bond donors (Lipinski definition) is 2. The van der Waals surface area contributed by atoms with E-state index in [4.69, 9.17) is 27.9 Å². The lowest BCUT2D eigenvalue weighted by Crippen LogP contribution is -2.44. The van der Waals surface area contributed by atoms with E-state index in [1.807, 2.05) is 36.4 Å². The molecule has 1 saturated heterocycles. The average molecular weight is 379 g/mol. The molecule has 2 aromatic carbocycles. The van der Waals surface area contributed by atoms with E-state index < -0.39 is 0 Å². The second-order valence-corrected chi connectivity index (χ2v) is 6.83. The van der Waals surface area contributed by atoms with Crippen LogP contribution in [0.3, 0.4) is 0 Å². The minimum Gasteiger partial charge on any atom is -0.378 e. The summed E-state index contributed by atoms with van der Waals surface area (Å²) < 4.78 is 5.41. The standard InChI is InChI=1S/C19H20Cl2N2O2/c20-16-7-6-14(10-17(16)21)19(13-4-2-1-3-5-13)23-18(24)11-15-12-25-9-8-22-15/h1-7,10,15,19,22H,8-9,11-12H2,(H,23,24). The Morgan fingerprint density at radius 1 is 1.16 bits per heavy atom. The van der Waals surface area contributed by atoms with Gasteiger partial charge in [0.15, 0.2) is 0 Å². The van der Waals surface area contributed by atoms with E-state index in [9.17, 15) is 4.79 Å². The summed E-state index contributed by atoms with van der Waals surface area (Å²) in [5.41, 5.74) is 1.88. The van der Waals surface area contributed by atoms with E-state index in [0.717, 1.165) is 17.7 Å². The molecular weight excluding hydrogens is 359 g/mol. The molecule has 3 rings (SSSR count). The third kappa shape index (κ3) is 4.95. The van der Waals surface area contributed by atoms with Gasteiger partial charge >= 0.3 is 0 Å². The zero-order valence-electron chi connectivity index (χ0n) is 13.7. The summed E-state index contributed by atoms with van der Waals surface area (Å²) in [5.74, 6) is -0.0390. The number of nitrogens with one attached hydrogen (secondary N) is 2. The summed E-state index contributed by atoms with van der Waals surface area (Å²) in [6.45, 7) is 2.01. The van der Waals surface area contributed by atoms with Crippen LogP contribution in [0, 0.1) is 0 Å². The molecule has 0 saturated carbocycles. The molecule has 0 bridgehead atoms. The molecule has 25 heavy (non-hydrogen) atoms. The normalized spacial score (nSPS) is 18.6. The first-order valence-corrected chi connectivity index (χ1v) is 8.99. The van der Waals surface area contributed by atoms with Crippen molar-refractivity contribution in [3.8, 4) is 0 Å². The first-order valence-electron chi connectivity index (χ1n) is 8.24. The Morgan fingerprint density at radius 2 is 1.96 bits per heavy atom. The number of rotatable bonds is 5. The summed E-state index contributed by atoms with van der Waals surface area (Å²) >= 11 is 12.2. The molecule has 1 fully saturated rings. The maximum Gasteiger partial charge on any atom is 0.222 e. The van der Waals surface area contributed by atoms with Crippen LogP contribution in [0.15, 0.2) is 48.5 Å². The van der Waals surface area contributed by atoms with Crippen LogP contribution in [-0.4, -0.2) is 31.7 Å². The van der Waals surface area contributed by atoms with Gasteiger partial charge in [-0.15, -0.1) is 0 Å². The Labute approximate surface area is 157 Å². The van der Waals surface area contributed by atoms with Crippen molar-refractivity contribution in [3.63, 3.8) is 0 Å². The highest BCUT2D eigenvalue weighted by Crippen LogP contribution is 2.29. The fraction of sp³-hybridized carbons (Fsp3) is 0.316. The van der Waals surface area contributed by atoms with Gasteiger partial charge in [-0.05, 0) is 23.3 Å². The SMILES string of the molecule is O=C(CC1COCCN1)NC(c1ccccc1)c1ccc(Cl)c(Cl)c1. The maximum absolute atomic E-state index is 12.6. The van der Waals surface area contributed by atoms with Crippen molar-refractivity contribution in [1.82, 2.24) is 10.6 Å². The van der Waals surface area contributed by atoms with Crippen molar-refractivity contribution in [3.05, 3.63) is 69.7 Å². The molecule has 6 heteroatoms. The zero-order valence-corrected chi connectivity index (χ0v) is 15.2. The first kappa shape index (κ1) is 18.2. The highest BCUT2D eigenvalue weighted by atomic mass is 35.5. The molecule has 0 aromatic heterocycles. The molecule has 4 nitrogen and oxygen atoms in total. The topological polar surface area (TPSA) is 50.4 Å². The molecule has 2 aromatic rings. The van der Waals surface area contributed by atoms with Gasteiger partial charge in [-0.1, -0.05) is 59.6 Å². The molecule has 132 valence electrons. The zero-order chi connectivity index (χ0) is 17.6. The quantitative estimate of drug-likeness (QED) is 0.835. The number of halogens is 2. The van der Waals surface area contributed by atoms with Gasteiger partial charge in [0.25, 0.3) is 0 Å². The van der Waals surface area contributed by atoms with E-state index in [1.54, 1.807) is 12.1 Å². The second-order valence-electron chi connectivity index (χ2n) is 6.01. The Kier molecular flexibility index (Phi) is 6.32. The predicted molar refractivity (Wildman–Crippen MR) is 100 cm³/mol. The highest BCUT2D eigenvalue weighted by Gasteiger charge is 2.21. The number of amides is 1. The van der Waals surface area contributed by atoms with E-state index in [2.05, 4.69) is 10.6 Å². The number of carbonyl (C=O) groups is 1. The largest absolute Gasteiger partial charge is 0.378 e. The van der Waals surface area contributed by atoms with Crippen LogP contribution in [0.25, 0.3) is 0 Å². The fourth-order valence-electron chi connectivity index (χ4n) is 2.89. The van der Waals surface area contributed by atoms with E-state index >= 15 is 0 Å². The van der Waals surface area contributed by atoms with Gasteiger partial charge in [0, 0.05) is 19.0 Å². The first-order chi connectivity index (χ1) is 12.1. The summed E-state index contributed by atoms with van der Waals surface area (Å²) in [6, 6.07) is 15.0. The molecule has 0 spiro atoms. The van der Waals surface area contributed by atoms with Crippen LogP contribution in [-0.2, 0) is 9.53 Å². The van der Waals surface area contributed by atoms with Gasteiger partial charge in [-0.2, -0.15) is 0 Å². The molecule has 1 aliphatic rings. The Balaban J connectivity index is 1.78. The summed E-state index contributed by atoms with van der Waals surface area (Å²) in [6.07, 6.45) is 0.366. The van der Waals surface area contributed by atoms with Crippen LogP contribution < -0.4 is 10.6 Å². The van der Waals surface area contributed by atoms with Crippen molar-refractivity contribution < 1.29 is 9.53 Å². The minimum atomic E-state index is -0.284. The van der Waals surface area contributed by atoms with Gasteiger partial charge in [0.05, 0.1) is 29.3 Å². The lowest BCUT2D eigenvalue weighted by Gasteiger charge is -2.25. The van der Waals surface area contributed by atoms with Gasteiger partial charge in [-0.3, -0.25) is 4.79 Å². The number of ether oxygens (including phenoxy) is 1. The lowest BCUT2D eigenvalue weighted by atomic mass is 9.98. The summed E-state index contributed by atoms with van der Waals surface area (Å²) in [7, 11) is 0.